The zero-order valence-corrected chi connectivity index (χ0v) is 19.5. The van der Waals surface area contributed by atoms with Crippen LogP contribution in [0.2, 0.25) is 0 Å². The van der Waals surface area contributed by atoms with Gasteiger partial charge in [-0.1, -0.05) is 68.1 Å². The van der Waals surface area contributed by atoms with Gasteiger partial charge in [0.15, 0.2) is 5.69 Å². The van der Waals surface area contributed by atoms with E-state index >= 15 is 0 Å². The number of nitrogens with zero attached hydrogens (tertiary/aromatic N) is 3. The van der Waals surface area contributed by atoms with Crippen molar-refractivity contribution in [1.82, 2.24) is 9.78 Å². The standard InChI is InChI=1S/C23H22F3N3O3.C2H6/c1-4-5-6-8-11-16(2)20(28-31)19(22(30)32-3)14-17-15-27-29(21(17)23(24,25)26)18-12-9-7-10-13-18;1-2/h4-10,12-15,31H,2,11H2,1,3H3;1-2H3/b5-4-,8-6?,19-14-,28-20-;. The third kappa shape index (κ3) is 7.33. The summed E-state index contributed by atoms with van der Waals surface area (Å²) in [6, 6.07) is 7.76. The number of benzene rings is 1. The molecule has 0 unspecified atom stereocenters. The fourth-order valence-corrected chi connectivity index (χ4v) is 2.82. The van der Waals surface area contributed by atoms with Crippen LogP contribution in [-0.4, -0.2) is 33.8 Å². The molecule has 0 radical (unpaired) electrons. The van der Waals surface area contributed by atoms with E-state index in [2.05, 4.69) is 16.8 Å². The summed E-state index contributed by atoms with van der Waals surface area (Å²) in [5.74, 6) is -0.989. The van der Waals surface area contributed by atoms with E-state index in [0.717, 1.165) is 24.1 Å². The van der Waals surface area contributed by atoms with E-state index in [9.17, 15) is 23.2 Å². The van der Waals surface area contributed by atoms with Crippen molar-refractivity contribution < 1.29 is 27.9 Å². The van der Waals surface area contributed by atoms with Gasteiger partial charge in [-0.2, -0.15) is 18.3 Å². The number of aromatic nitrogens is 2. The van der Waals surface area contributed by atoms with Gasteiger partial charge in [-0.25, -0.2) is 9.48 Å². The van der Waals surface area contributed by atoms with Gasteiger partial charge in [0.05, 0.1) is 24.6 Å². The summed E-state index contributed by atoms with van der Waals surface area (Å²) in [7, 11) is 1.07. The number of carbonyl (C=O) groups is 1. The minimum absolute atomic E-state index is 0.188. The number of para-hydroxylation sites is 1. The predicted octanol–water partition coefficient (Wildman–Crippen LogP) is 6.38. The minimum atomic E-state index is -4.79. The van der Waals surface area contributed by atoms with Crippen molar-refractivity contribution >= 4 is 17.8 Å². The van der Waals surface area contributed by atoms with Gasteiger partial charge in [0.2, 0.25) is 0 Å². The van der Waals surface area contributed by atoms with E-state index in [4.69, 9.17) is 4.74 Å². The van der Waals surface area contributed by atoms with E-state index in [1.807, 2.05) is 20.8 Å². The quantitative estimate of drug-likeness (QED) is 0.120. The van der Waals surface area contributed by atoms with Gasteiger partial charge in [0.1, 0.15) is 5.71 Å². The second kappa shape index (κ2) is 13.6. The van der Waals surface area contributed by atoms with Crippen LogP contribution >= 0.6 is 0 Å². The van der Waals surface area contributed by atoms with Crippen LogP contribution in [0.3, 0.4) is 0 Å². The molecule has 0 spiro atoms. The van der Waals surface area contributed by atoms with Crippen LogP contribution in [0.1, 0.15) is 38.4 Å². The first kappa shape index (κ1) is 28.2. The Balaban J connectivity index is 0.00000281. The SMILES string of the molecule is C=C(CC=C/C=C\C)C(=N/O)/C(=C/c1cnn(-c2ccccc2)c1C(F)(F)F)C(=O)OC.CC. The number of hydrogen-bond acceptors (Lipinski definition) is 5. The molecule has 0 saturated carbocycles. The van der Waals surface area contributed by atoms with Crippen molar-refractivity contribution in [3.63, 3.8) is 0 Å². The zero-order valence-electron chi connectivity index (χ0n) is 19.5. The smallest absolute Gasteiger partial charge is 0.434 e. The van der Waals surface area contributed by atoms with E-state index < -0.39 is 29.0 Å². The van der Waals surface area contributed by atoms with Crippen molar-refractivity contribution in [3.8, 4) is 5.69 Å². The third-order valence-corrected chi connectivity index (χ3v) is 4.27. The summed E-state index contributed by atoms with van der Waals surface area (Å²) < 4.78 is 47.2. The van der Waals surface area contributed by atoms with Gasteiger partial charge in [-0.05, 0) is 37.1 Å². The molecule has 0 fully saturated rings. The molecule has 2 rings (SSSR count). The highest BCUT2D eigenvalue weighted by atomic mass is 19.4. The Bertz CT molecular complexity index is 1080. The molecule has 1 aromatic heterocycles. The summed E-state index contributed by atoms with van der Waals surface area (Å²) in [6.07, 6.45) is 4.26. The molecule has 0 aliphatic carbocycles. The second-order valence-corrected chi connectivity index (χ2v) is 6.45. The molecule has 0 amide bonds. The maximum absolute atomic E-state index is 13.9. The molecular weight excluding hydrogens is 447 g/mol. The Hall–Kier alpha value is -3.88. The number of alkyl halides is 3. The second-order valence-electron chi connectivity index (χ2n) is 6.45. The summed E-state index contributed by atoms with van der Waals surface area (Å²) in [5.41, 5.74) is -1.79. The van der Waals surface area contributed by atoms with E-state index in [1.165, 1.54) is 12.1 Å². The number of rotatable bonds is 8. The van der Waals surface area contributed by atoms with Crippen molar-refractivity contribution in [2.45, 2.75) is 33.4 Å². The van der Waals surface area contributed by atoms with Crippen molar-refractivity contribution in [2.75, 3.05) is 7.11 Å². The first-order valence-electron chi connectivity index (χ1n) is 10.4. The Labute approximate surface area is 197 Å². The molecule has 0 aliphatic heterocycles. The average molecular weight is 476 g/mol. The maximum Gasteiger partial charge on any atom is 0.434 e. The molecule has 1 aromatic carbocycles. The molecule has 1 heterocycles. The number of carbonyl (C=O) groups excluding carboxylic acids is 1. The van der Waals surface area contributed by atoms with Crippen LogP contribution in [-0.2, 0) is 15.7 Å². The van der Waals surface area contributed by atoms with Crippen molar-refractivity contribution in [2.24, 2.45) is 5.16 Å². The monoisotopic (exact) mass is 475 g/mol. The van der Waals surface area contributed by atoms with Gasteiger partial charge < -0.3 is 9.94 Å². The highest BCUT2D eigenvalue weighted by Crippen LogP contribution is 2.35. The molecule has 0 atom stereocenters. The van der Waals surface area contributed by atoms with Gasteiger partial charge >= 0.3 is 12.1 Å². The Morgan fingerprint density at radius 3 is 2.41 bits per heavy atom. The molecule has 0 bridgehead atoms. The normalized spacial score (nSPS) is 12.6. The van der Waals surface area contributed by atoms with Gasteiger partial charge in [0, 0.05) is 5.56 Å². The van der Waals surface area contributed by atoms with Crippen molar-refractivity contribution in [1.29, 1.82) is 0 Å². The molecule has 1 N–H and O–H groups in total. The fourth-order valence-electron chi connectivity index (χ4n) is 2.82. The molecule has 6 nitrogen and oxygen atoms in total. The highest BCUT2D eigenvalue weighted by molar-refractivity contribution is 6.28. The molecule has 0 aliphatic rings. The topological polar surface area (TPSA) is 76.7 Å². The predicted molar refractivity (Wildman–Crippen MR) is 127 cm³/mol. The lowest BCUT2D eigenvalue weighted by Gasteiger charge is -2.13. The number of ether oxygens (including phenoxy) is 1. The summed E-state index contributed by atoms with van der Waals surface area (Å²) in [4.78, 5) is 12.4. The first-order valence-corrected chi connectivity index (χ1v) is 10.4. The highest BCUT2D eigenvalue weighted by Gasteiger charge is 2.38. The number of allylic oxidation sites excluding steroid dienone is 5. The molecule has 0 saturated heterocycles. The molecular formula is C25H28F3N3O3. The third-order valence-electron chi connectivity index (χ3n) is 4.27. The van der Waals surface area contributed by atoms with E-state index in [-0.39, 0.29) is 23.4 Å². The van der Waals surface area contributed by atoms with Gasteiger partial charge in [0.25, 0.3) is 0 Å². The lowest BCUT2D eigenvalue weighted by molar-refractivity contribution is -0.143. The molecule has 2 aromatic rings. The summed E-state index contributed by atoms with van der Waals surface area (Å²) in [6.45, 7) is 9.59. The minimum Gasteiger partial charge on any atom is -0.465 e. The number of hydrogen-bond donors (Lipinski definition) is 1. The van der Waals surface area contributed by atoms with Crippen LogP contribution in [0.15, 0.2) is 83.7 Å². The average Bonchev–Trinajstić information content (AvgIpc) is 3.27. The Kier molecular flexibility index (Phi) is 11.3. The van der Waals surface area contributed by atoms with Gasteiger partial charge in [-0.15, -0.1) is 0 Å². The molecule has 9 heteroatoms. The van der Waals surface area contributed by atoms with Crippen LogP contribution in [0.4, 0.5) is 13.2 Å². The lowest BCUT2D eigenvalue weighted by Crippen LogP contribution is -2.18. The maximum atomic E-state index is 13.9. The first-order chi connectivity index (χ1) is 16.2. The van der Waals surface area contributed by atoms with Gasteiger partial charge in [-0.3, -0.25) is 0 Å². The van der Waals surface area contributed by atoms with E-state index in [1.54, 1.807) is 42.5 Å². The van der Waals surface area contributed by atoms with Crippen LogP contribution in [0.25, 0.3) is 11.8 Å². The number of oxime groups is 1. The van der Waals surface area contributed by atoms with Crippen LogP contribution in [0, 0.1) is 0 Å². The van der Waals surface area contributed by atoms with Crippen LogP contribution in [0.5, 0.6) is 0 Å². The molecule has 182 valence electrons. The summed E-state index contributed by atoms with van der Waals surface area (Å²) in [5, 5.41) is 16.4. The Morgan fingerprint density at radius 1 is 1.24 bits per heavy atom. The number of methoxy groups -OCH3 is 1. The Morgan fingerprint density at radius 2 is 1.88 bits per heavy atom. The van der Waals surface area contributed by atoms with E-state index in [0.29, 0.717) is 0 Å². The largest absolute Gasteiger partial charge is 0.465 e. The number of esters is 1. The fraction of sp³-hybridized carbons (Fsp3) is 0.240. The van der Waals surface area contributed by atoms with Crippen LogP contribution < -0.4 is 0 Å². The number of halogens is 3. The van der Waals surface area contributed by atoms with Crippen molar-refractivity contribution in [3.05, 3.63) is 89.8 Å². The molecule has 34 heavy (non-hydrogen) atoms. The lowest BCUT2D eigenvalue weighted by atomic mass is 9.98. The summed E-state index contributed by atoms with van der Waals surface area (Å²) >= 11 is 0. The zero-order chi connectivity index (χ0) is 25.7.